The maximum Gasteiger partial charge on any atom is 0.274 e. The van der Waals surface area contributed by atoms with Gasteiger partial charge in [-0.2, -0.15) is 0 Å². The number of rotatable bonds is 1. The second-order valence-electron chi connectivity index (χ2n) is 4.31. The van der Waals surface area contributed by atoms with Crippen LogP contribution in [-0.2, 0) is 13.0 Å². The van der Waals surface area contributed by atoms with Crippen molar-refractivity contribution < 1.29 is 4.79 Å². The normalized spacial score (nSPS) is 14.3. The highest BCUT2D eigenvalue weighted by atomic mass is 35.5. The third-order valence-corrected chi connectivity index (χ3v) is 4.65. The molecular formula is C13H10Cl2N2OS. The summed E-state index contributed by atoms with van der Waals surface area (Å²) in [7, 11) is 0. The van der Waals surface area contributed by atoms with Crippen molar-refractivity contribution in [3.05, 3.63) is 49.9 Å². The van der Waals surface area contributed by atoms with Crippen LogP contribution in [0.4, 0.5) is 0 Å². The fraction of sp³-hybridized carbons (Fsp3) is 0.231. The molecule has 0 saturated heterocycles. The Labute approximate surface area is 124 Å². The molecule has 98 valence electrons. The van der Waals surface area contributed by atoms with Crippen molar-refractivity contribution >= 4 is 40.4 Å². The molecule has 0 atom stereocenters. The standard InChI is InChI=1S/C13H10Cl2N2OS/c14-9-1-2-11(15)16-12(9)13(18)17-5-3-10-8(7-17)4-6-19-10/h1-2,4,6H,3,5,7H2. The topological polar surface area (TPSA) is 33.2 Å². The lowest BCUT2D eigenvalue weighted by Gasteiger charge is -2.26. The van der Waals surface area contributed by atoms with E-state index in [0.717, 1.165) is 6.42 Å². The molecule has 0 unspecified atom stereocenters. The maximum absolute atomic E-state index is 12.4. The van der Waals surface area contributed by atoms with Gasteiger partial charge in [-0.05, 0) is 35.6 Å². The Morgan fingerprint density at radius 3 is 3.00 bits per heavy atom. The third kappa shape index (κ3) is 2.48. The lowest BCUT2D eigenvalue weighted by molar-refractivity contribution is 0.0730. The first kappa shape index (κ1) is 12.9. The second kappa shape index (κ2) is 5.12. The van der Waals surface area contributed by atoms with E-state index in [1.165, 1.54) is 10.4 Å². The van der Waals surface area contributed by atoms with Crippen LogP contribution in [0.15, 0.2) is 23.6 Å². The van der Waals surface area contributed by atoms with Crippen molar-refractivity contribution in [3.63, 3.8) is 0 Å². The van der Waals surface area contributed by atoms with Crippen LogP contribution in [0.2, 0.25) is 10.2 Å². The van der Waals surface area contributed by atoms with E-state index < -0.39 is 0 Å². The molecule has 0 fully saturated rings. The zero-order valence-corrected chi connectivity index (χ0v) is 12.2. The molecule has 2 aromatic rings. The summed E-state index contributed by atoms with van der Waals surface area (Å²) in [5, 5.41) is 2.68. The molecule has 0 spiro atoms. The van der Waals surface area contributed by atoms with Gasteiger partial charge in [0.25, 0.3) is 5.91 Å². The van der Waals surface area contributed by atoms with Gasteiger partial charge >= 0.3 is 0 Å². The van der Waals surface area contributed by atoms with Gasteiger partial charge in [-0.1, -0.05) is 23.2 Å². The Kier molecular flexibility index (Phi) is 3.48. The molecule has 0 N–H and O–H groups in total. The highest BCUT2D eigenvalue weighted by Gasteiger charge is 2.25. The van der Waals surface area contributed by atoms with Crippen LogP contribution in [0.1, 0.15) is 20.9 Å². The van der Waals surface area contributed by atoms with Crippen LogP contribution in [0, 0.1) is 0 Å². The maximum atomic E-state index is 12.4. The van der Waals surface area contributed by atoms with Crippen LogP contribution < -0.4 is 0 Å². The van der Waals surface area contributed by atoms with E-state index in [-0.39, 0.29) is 16.8 Å². The first-order valence-electron chi connectivity index (χ1n) is 5.81. The number of hydrogen-bond acceptors (Lipinski definition) is 3. The quantitative estimate of drug-likeness (QED) is 0.753. The number of halogens is 2. The Balaban J connectivity index is 1.87. The number of hydrogen-bond donors (Lipinski definition) is 0. The first-order chi connectivity index (χ1) is 9.15. The molecule has 2 aromatic heterocycles. The molecule has 1 aliphatic heterocycles. The molecule has 1 amide bonds. The summed E-state index contributed by atoms with van der Waals surface area (Å²) in [5.74, 6) is -0.163. The molecule has 0 radical (unpaired) electrons. The SMILES string of the molecule is O=C(c1nc(Cl)ccc1Cl)N1CCc2sccc2C1. The molecule has 19 heavy (non-hydrogen) atoms. The molecular weight excluding hydrogens is 303 g/mol. The summed E-state index contributed by atoms with van der Waals surface area (Å²) in [6.07, 6.45) is 0.886. The Bertz CT molecular complexity index is 641. The molecule has 0 saturated carbocycles. The van der Waals surface area contributed by atoms with Crippen molar-refractivity contribution in [2.75, 3.05) is 6.54 Å². The van der Waals surface area contributed by atoms with Gasteiger partial charge in [-0.25, -0.2) is 4.98 Å². The van der Waals surface area contributed by atoms with Crippen LogP contribution in [0.25, 0.3) is 0 Å². The van der Waals surface area contributed by atoms with Crippen molar-refractivity contribution in [2.45, 2.75) is 13.0 Å². The van der Waals surface area contributed by atoms with Gasteiger partial charge < -0.3 is 4.90 Å². The van der Waals surface area contributed by atoms with E-state index in [0.29, 0.717) is 18.1 Å². The van der Waals surface area contributed by atoms with Crippen LogP contribution in [0.3, 0.4) is 0 Å². The highest BCUT2D eigenvalue weighted by Crippen LogP contribution is 2.26. The Hall–Kier alpha value is -1.10. The lowest BCUT2D eigenvalue weighted by atomic mass is 10.1. The van der Waals surface area contributed by atoms with E-state index in [2.05, 4.69) is 16.4 Å². The van der Waals surface area contributed by atoms with E-state index in [4.69, 9.17) is 23.2 Å². The van der Waals surface area contributed by atoms with Crippen LogP contribution in [0.5, 0.6) is 0 Å². The average Bonchev–Trinajstić information content (AvgIpc) is 2.88. The molecule has 1 aliphatic rings. The zero-order valence-electron chi connectivity index (χ0n) is 9.90. The summed E-state index contributed by atoms with van der Waals surface area (Å²) in [6, 6.07) is 5.24. The van der Waals surface area contributed by atoms with E-state index >= 15 is 0 Å². The monoisotopic (exact) mass is 312 g/mol. The first-order valence-corrected chi connectivity index (χ1v) is 7.45. The van der Waals surface area contributed by atoms with E-state index in [1.54, 1.807) is 28.4 Å². The minimum Gasteiger partial charge on any atom is -0.333 e. The van der Waals surface area contributed by atoms with Crippen LogP contribution in [-0.4, -0.2) is 22.3 Å². The average molecular weight is 313 g/mol. The Morgan fingerprint density at radius 1 is 1.32 bits per heavy atom. The number of carbonyl (C=O) groups excluding carboxylic acids is 1. The van der Waals surface area contributed by atoms with Crippen molar-refractivity contribution in [3.8, 4) is 0 Å². The molecule has 0 aromatic carbocycles. The molecule has 3 nitrogen and oxygen atoms in total. The Morgan fingerprint density at radius 2 is 2.16 bits per heavy atom. The fourth-order valence-electron chi connectivity index (χ4n) is 2.14. The van der Waals surface area contributed by atoms with Gasteiger partial charge in [-0.3, -0.25) is 4.79 Å². The predicted octanol–water partition coefficient (Wildman–Crippen LogP) is 3.65. The second-order valence-corrected chi connectivity index (χ2v) is 6.11. The van der Waals surface area contributed by atoms with Crippen molar-refractivity contribution in [2.24, 2.45) is 0 Å². The summed E-state index contributed by atoms with van der Waals surface area (Å²) in [6.45, 7) is 1.30. The molecule has 3 heterocycles. The largest absolute Gasteiger partial charge is 0.333 e. The number of fused-ring (bicyclic) bond motifs is 1. The van der Waals surface area contributed by atoms with E-state index in [9.17, 15) is 4.79 Å². The molecule has 3 rings (SSSR count). The lowest BCUT2D eigenvalue weighted by Crippen LogP contribution is -2.36. The molecule has 0 bridgehead atoms. The number of carbonyl (C=O) groups is 1. The number of amides is 1. The van der Waals surface area contributed by atoms with Gasteiger partial charge in [0.15, 0.2) is 0 Å². The van der Waals surface area contributed by atoms with E-state index in [1.807, 2.05) is 0 Å². The third-order valence-electron chi connectivity index (χ3n) is 3.11. The van der Waals surface area contributed by atoms with Gasteiger partial charge in [0.2, 0.25) is 0 Å². The number of thiophene rings is 1. The van der Waals surface area contributed by atoms with Crippen molar-refractivity contribution in [1.29, 1.82) is 0 Å². The summed E-state index contributed by atoms with van der Waals surface area (Å²) >= 11 is 13.6. The number of pyridine rings is 1. The van der Waals surface area contributed by atoms with Gasteiger partial charge in [0.05, 0.1) is 5.02 Å². The van der Waals surface area contributed by atoms with Crippen LogP contribution >= 0.6 is 34.5 Å². The number of aromatic nitrogens is 1. The number of nitrogens with zero attached hydrogens (tertiary/aromatic N) is 2. The van der Waals surface area contributed by atoms with Gasteiger partial charge in [0.1, 0.15) is 10.8 Å². The molecule has 0 aliphatic carbocycles. The van der Waals surface area contributed by atoms with Gasteiger partial charge in [-0.15, -0.1) is 11.3 Å². The minimum atomic E-state index is -0.163. The van der Waals surface area contributed by atoms with Crippen molar-refractivity contribution in [1.82, 2.24) is 9.88 Å². The highest BCUT2D eigenvalue weighted by molar-refractivity contribution is 7.10. The van der Waals surface area contributed by atoms with Gasteiger partial charge in [0, 0.05) is 18.0 Å². The fourth-order valence-corrected chi connectivity index (χ4v) is 3.36. The molecule has 6 heteroatoms. The summed E-state index contributed by atoms with van der Waals surface area (Å²) < 4.78 is 0. The summed E-state index contributed by atoms with van der Waals surface area (Å²) in [4.78, 5) is 19.6. The summed E-state index contributed by atoms with van der Waals surface area (Å²) in [5.41, 5.74) is 1.44. The zero-order chi connectivity index (χ0) is 13.4. The predicted molar refractivity (Wildman–Crippen MR) is 77.0 cm³/mol. The smallest absolute Gasteiger partial charge is 0.274 e. The minimum absolute atomic E-state index is 0.163.